The first-order valence-electron chi connectivity index (χ1n) is 5.88. The van der Waals surface area contributed by atoms with Crippen molar-refractivity contribution in [2.75, 3.05) is 0 Å². The van der Waals surface area contributed by atoms with Gasteiger partial charge in [0.25, 0.3) is 0 Å². The summed E-state index contributed by atoms with van der Waals surface area (Å²) in [7, 11) is 0. The minimum absolute atomic E-state index is 0.180. The highest BCUT2D eigenvalue weighted by Crippen LogP contribution is 2.20. The number of thioether (sulfide) groups is 1. The highest BCUT2D eigenvalue weighted by Gasteiger charge is 2.07. The van der Waals surface area contributed by atoms with E-state index in [2.05, 4.69) is 32.1 Å². The van der Waals surface area contributed by atoms with Crippen LogP contribution in [0.1, 0.15) is 5.56 Å². The molecule has 0 unspecified atom stereocenters. The van der Waals surface area contributed by atoms with Crippen LogP contribution in [0, 0.1) is 0 Å². The molecule has 100 valence electrons. The molecule has 0 atom stereocenters. The second-order valence-corrected chi connectivity index (χ2v) is 5.21. The lowest BCUT2D eigenvalue weighted by atomic mass is 10.2. The summed E-state index contributed by atoms with van der Waals surface area (Å²) in [6.45, 7) is 0. The van der Waals surface area contributed by atoms with Gasteiger partial charge in [-0.1, -0.05) is 42.1 Å². The molecule has 0 spiro atoms. The monoisotopic (exact) mass is 303 g/mol. The van der Waals surface area contributed by atoms with Crippen LogP contribution in [0.4, 0.5) is 0 Å². The summed E-state index contributed by atoms with van der Waals surface area (Å²) in [5, 5.41) is 0.775. The van der Waals surface area contributed by atoms with Crippen molar-refractivity contribution in [3.63, 3.8) is 0 Å². The van der Waals surface area contributed by atoms with Gasteiger partial charge in [-0.15, -0.1) is 0 Å². The van der Waals surface area contributed by atoms with E-state index in [4.69, 9.17) is 11.6 Å². The van der Waals surface area contributed by atoms with Crippen molar-refractivity contribution in [3.8, 4) is 5.95 Å². The van der Waals surface area contributed by atoms with Gasteiger partial charge in [0.05, 0.1) is 0 Å². The van der Waals surface area contributed by atoms with Crippen LogP contribution in [0.15, 0.2) is 54.2 Å². The van der Waals surface area contributed by atoms with Crippen LogP contribution < -0.4 is 0 Å². The van der Waals surface area contributed by atoms with Crippen LogP contribution >= 0.6 is 23.4 Å². The molecule has 0 fully saturated rings. The summed E-state index contributed by atoms with van der Waals surface area (Å²) in [5.41, 5.74) is 1.21. The van der Waals surface area contributed by atoms with Crippen LogP contribution in [-0.4, -0.2) is 24.5 Å². The van der Waals surface area contributed by atoms with Crippen molar-refractivity contribution < 1.29 is 0 Å². The molecule has 3 aromatic rings. The highest BCUT2D eigenvalue weighted by molar-refractivity contribution is 7.98. The Hall–Kier alpha value is -1.92. The topological polar surface area (TPSA) is 56.5 Å². The minimum atomic E-state index is 0.180. The number of nitrogens with zero attached hydrogens (tertiary/aromatic N) is 5. The summed E-state index contributed by atoms with van der Waals surface area (Å²) < 4.78 is 1.69. The number of hydrogen-bond donors (Lipinski definition) is 0. The Bertz CT molecular complexity index is 687. The predicted molar refractivity (Wildman–Crippen MR) is 78.0 cm³/mol. The first-order chi connectivity index (χ1) is 9.81. The quantitative estimate of drug-likeness (QED) is 0.694. The van der Waals surface area contributed by atoms with Gasteiger partial charge in [0.1, 0.15) is 6.33 Å². The SMILES string of the molecule is Clc1nc(SCc2ccccc2)nc(-n2ccnc2)n1. The molecule has 0 aliphatic heterocycles. The molecule has 5 nitrogen and oxygen atoms in total. The predicted octanol–water partition coefficient (Wildman–Crippen LogP) is 3.00. The van der Waals surface area contributed by atoms with Gasteiger partial charge in [0, 0.05) is 18.1 Å². The summed E-state index contributed by atoms with van der Waals surface area (Å²) in [6, 6.07) is 10.1. The Labute approximate surface area is 125 Å². The maximum atomic E-state index is 5.94. The van der Waals surface area contributed by atoms with Crippen molar-refractivity contribution in [2.24, 2.45) is 0 Å². The van der Waals surface area contributed by atoms with Crippen LogP contribution in [0.3, 0.4) is 0 Å². The maximum Gasteiger partial charge on any atom is 0.240 e. The third-order valence-electron chi connectivity index (χ3n) is 2.52. The first-order valence-corrected chi connectivity index (χ1v) is 7.24. The Morgan fingerprint density at radius 2 is 1.95 bits per heavy atom. The van der Waals surface area contributed by atoms with Gasteiger partial charge in [-0.3, -0.25) is 4.57 Å². The molecule has 0 bridgehead atoms. The van der Waals surface area contributed by atoms with E-state index in [0.717, 1.165) is 5.75 Å². The zero-order chi connectivity index (χ0) is 13.8. The average Bonchev–Trinajstić information content (AvgIpc) is 3.00. The summed E-state index contributed by atoms with van der Waals surface area (Å²) in [4.78, 5) is 16.5. The molecule has 0 aliphatic carbocycles. The zero-order valence-electron chi connectivity index (χ0n) is 10.3. The molecule has 0 radical (unpaired) electrons. The maximum absolute atomic E-state index is 5.94. The number of imidazole rings is 1. The molecule has 0 N–H and O–H groups in total. The average molecular weight is 304 g/mol. The van der Waals surface area contributed by atoms with E-state index in [1.807, 2.05) is 18.2 Å². The van der Waals surface area contributed by atoms with Crippen LogP contribution in [-0.2, 0) is 5.75 Å². The van der Waals surface area contributed by atoms with Gasteiger partial charge in [-0.2, -0.15) is 15.0 Å². The van der Waals surface area contributed by atoms with Crippen molar-refractivity contribution in [1.82, 2.24) is 24.5 Å². The lowest BCUT2D eigenvalue weighted by Crippen LogP contribution is -2.02. The number of aromatic nitrogens is 5. The molecule has 7 heteroatoms. The molecule has 2 heterocycles. The van der Waals surface area contributed by atoms with E-state index in [1.165, 1.54) is 17.3 Å². The molecule has 0 aliphatic rings. The fourth-order valence-corrected chi connectivity index (χ4v) is 2.59. The summed E-state index contributed by atoms with van der Waals surface area (Å²) in [5.74, 6) is 1.25. The van der Waals surface area contributed by atoms with E-state index >= 15 is 0 Å². The molecule has 0 saturated carbocycles. The molecule has 1 aromatic carbocycles. The molecule has 0 saturated heterocycles. The van der Waals surface area contributed by atoms with E-state index in [1.54, 1.807) is 23.3 Å². The highest BCUT2D eigenvalue weighted by atomic mass is 35.5. The smallest absolute Gasteiger partial charge is 0.240 e. The number of hydrogen-bond acceptors (Lipinski definition) is 5. The van der Waals surface area contributed by atoms with Crippen molar-refractivity contribution >= 4 is 23.4 Å². The van der Waals surface area contributed by atoms with Gasteiger partial charge in [0.2, 0.25) is 11.2 Å². The molecular weight excluding hydrogens is 294 g/mol. The first kappa shape index (κ1) is 13.1. The van der Waals surface area contributed by atoms with Crippen molar-refractivity contribution in [1.29, 1.82) is 0 Å². The fraction of sp³-hybridized carbons (Fsp3) is 0.0769. The van der Waals surface area contributed by atoms with E-state index in [0.29, 0.717) is 11.1 Å². The zero-order valence-corrected chi connectivity index (χ0v) is 11.9. The fourth-order valence-electron chi connectivity index (χ4n) is 1.60. The number of halogens is 1. The van der Waals surface area contributed by atoms with E-state index < -0.39 is 0 Å². The van der Waals surface area contributed by atoms with Gasteiger partial charge < -0.3 is 0 Å². The van der Waals surface area contributed by atoms with E-state index in [9.17, 15) is 0 Å². The van der Waals surface area contributed by atoms with Crippen LogP contribution in [0.2, 0.25) is 5.28 Å². The normalized spacial score (nSPS) is 10.7. The molecular formula is C13H10ClN5S. The Morgan fingerprint density at radius 3 is 2.70 bits per heavy atom. The van der Waals surface area contributed by atoms with Gasteiger partial charge >= 0.3 is 0 Å². The lowest BCUT2D eigenvalue weighted by Gasteiger charge is -2.04. The van der Waals surface area contributed by atoms with Crippen molar-refractivity contribution in [2.45, 2.75) is 10.9 Å². The van der Waals surface area contributed by atoms with Crippen LogP contribution in [0.25, 0.3) is 5.95 Å². The van der Waals surface area contributed by atoms with Gasteiger partial charge in [-0.05, 0) is 17.2 Å². The number of benzene rings is 1. The summed E-state index contributed by atoms with van der Waals surface area (Å²) in [6.07, 6.45) is 5.04. The third kappa shape index (κ3) is 3.15. The molecule has 2 aromatic heterocycles. The second-order valence-electron chi connectivity index (χ2n) is 3.93. The Morgan fingerprint density at radius 1 is 1.10 bits per heavy atom. The van der Waals surface area contributed by atoms with Crippen LogP contribution in [0.5, 0.6) is 0 Å². The van der Waals surface area contributed by atoms with Gasteiger partial charge in [-0.25, -0.2) is 4.98 Å². The molecule has 3 rings (SSSR count). The lowest BCUT2D eigenvalue weighted by molar-refractivity contribution is 0.823. The largest absolute Gasteiger partial charge is 0.274 e. The molecule has 20 heavy (non-hydrogen) atoms. The summed E-state index contributed by atoms with van der Waals surface area (Å²) >= 11 is 7.46. The second kappa shape index (κ2) is 6.02. The molecule has 0 amide bonds. The van der Waals surface area contributed by atoms with E-state index in [-0.39, 0.29) is 5.28 Å². The van der Waals surface area contributed by atoms with Crippen molar-refractivity contribution in [3.05, 3.63) is 59.9 Å². The third-order valence-corrected chi connectivity index (χ3v) is 3.61. The standard InChI is InChI=1S/C13H10ClN5S/c14-11-16-12(19-7-6-15-9-19)18-13(17-11)20-8-10-4-2-1-3-5-10/h1-7,9H,8H2. The Balaban J connectivity index is 1.80. The Kier molecular flexibility index (Phi) is 3.94. The minimum Gasteiger partial charge on any atom is -0.274 e. The number of rotatable bonds is 4. The van der Waals surface area contributed by atoms with Gasteiger partial charge in [0.15, 0.2) is 5.16 Å².